The highest BCUT2D eigenvalue weighted by molar-refractivity contribution is 6.36. The average Bonchev–Trinajstić information content (AvgIpc) is 2.85. The summed E-state index contributed by atoms with van der Waals surface area (Å²) >= 11 is 12.0. The Kier molecular flexibility index (Phi) is 4.69. The zero-order valence-electron chi connectivity index (χ0n) is 13.2. The molecule has 124 valence electrons. The maximum atomic E-state index is 12.4. The molecule has 3 rings (SSSR count). The number of halogens is 2. The summed E-state index contributed by atoms with van der Waals surface area (Å²) < 4.78 is 5.27. The monoisotopic (exact) mass is 362 g/mol. The number of anilines is 1. The summed E-state index contributed by atoms with van der Waals surface area (Å²) in [6.45, 7) is 1.95. The lowest BCUT2D eigenvalue weighted by atomic mass is 10.1. The second kappa shape index (κ2) is 6.75. The summed E-state index contributed by atoms with van der Waals surface area (Å²) in [5.74, 6) is 0.606. The molecule has 0 aliphatic rings. The SMILES string of the molecule is COc1ccc2[nH]c(C)c(CC(=O)Nc3ccc(Cl)cc3Cl)c2c1. The molecule has 4 nitrogen and oxygen atoms in total. The largest absolute Gasteiger partial charge is 0.497 e. The third-order valence-corrected chi connectivity index (χ3v) is 4.42. The summed E-state index contributed by atoms with van der Waals surface area (Å²) in [5.41, 5.74) is 3.41. The maximum absolute atomic E-state index is 12.4. The molecule has 6 heteroatoms. The van der Waals surface area contributed by atoms with Crippen molar-refractivity contribution in [2.24, 2.45) is 0 Å². The molecule has 0 aliphatic heterocycles. The minimum Gasteiger partial charge on any atom is -0.497 e. The molecule has 1 amide bonds. The zero-order chi connectivity index (χ0) is 17.3. The molecule has 3 aromatic rings. The molecule has 1 aromatic heterocycles. The second-order valence-corrected chi connectivity index (χ2v) is 6.33. The van der Waals surface area contributed by atoms with Crippen molar-refractivity contribution in [3.05, 3.63) is 57.7 Å². The van der Waals surface area contributed by atoms with E-state index in [1.807, 2.05) is 25.1 Å². The zero-order valence-corrected chi connectivity index (χ0v) is 14.8. The number of aromatic nitrogens is 1. The van der Waals surface area contributed by atoms with E-state index in [0.29, 0.717) is 15.7 Å². The van der Waals surface area contributed by atoms with E-state index in [1.54, 1.807) is 25.3 Å². The number of aryl methyl sites for hydroxylation is 1. The van der Waals surface area contributed by atoms with E-state index in [9.17, 15) is 4.79 Å². The molecule has 0 aliphatic carbocycles. The molecule has 24 heavy (non-hydrogen) atoms. The van der Waals surface area contributed by atoms with Gasteiger partial charge in [0.25, 0.3) is 0 Å². The number of amides is 1. The Morgan fingerprint density at radius 2 is 2.00 bits per heavy atom. The minimum atomic E-state index is -0.147. The van der Waals surface area contributed by atoms with Gasteiger partial charge < -0.3 is 15.0 Å². The number of hydrogen-bond acceptors (Lipinski definition) is 2. The molecule has 1 heterocycles. The third-order valence-electron chi connectivity index (χ3n) is 3.87. The van der Waals surface area contributed by atoms with Crippen molar-refractivity contribution in [3.8, 4) is 5.75 Å². The normalized spacial score (nSPS) is 10.8. The Bertz CT molecular complexity index is 919. The van der Waals surface area contributed by atoms with Crippen LogP contribution >= 0.6 is 23.2 Å². The van der Waals surface area contributed by atoms with Crippen LogP contribution in [0.25, 0.3) is 10.9 Å². The molecule has 2 N–H and O–H groups in total. The van der Waals surface area contributed by atoms with E-state index in [-0.39, 0.29) is 12.3 Å². The van der Waals surface area contributed by atoms with Crippen molar-refractivity contribution in [1.29, 1.82) is 0 Å². The highest BCUT2D eigenvalue weighted by Crippen LogP contribution is 2.28. The van der Waals surface area contributed by atoms with Crippen LogP contribution in [0.15, 0.2) is 36.4 Å². The van der Waals surface area contributed by atoms with Gasteiger partial charge in [0.05, 0.1) is 24.2 Å². The average molecular weight is 363 g/mol. The second-order valence-electron chi connectivity index (χ2n) is 5.49. The van der Waals surface area contributed by atoms with Gasteiger partial charge in [-0.25, -0.2) is 0 Å². The van der Waals surface area contributed by atoms with Gasteiger partial charge in [-0.15, -0.1) is 0 Å². The number of carbonyl (C=O) groups is 1. The standard InChI is InChI=1S/C18H16Cl2N2O2/c1-10-13(14-8-12(24-2)4-6-16(14)21-10)9-18(23)22-17-5-3-11(19)7-15(17)20/h3-8,21H,9H2,1-2H3,(H,22,23). The number of nitrogens with one attached hydrogen (secondary N) is 2. The van der Waals surface area contributed by atoms with Gasteiger partial charge in [0.2, 0.25) is 5.91 Å². The Balaban J connectivity index is 1.86. The first-order valence-corrected chi connectivity index (χ1v) is 8.13. The number of hydrogen-bond donors (Lipinski definition) is 2. The van der Waals surface area contributed by atoms with Gasteiger partial charge in [0, 0.05) is 21.6 Å². The topological polar surface area (TPSA) is 54.1 Å². The van der Waals surface area contributed by atoms with Crippen LogP contribution in [0.1, 0.15) is 11.3 Å². The first kappa shape index (κ1) is 16.7. The minimum absolute atomic E-state index is 0.147. The number of rotatable bonds is 4. The van der Waals surface area contributed by atoms with E-state index < -0.39 is 0 Å². The van der Waals surface area contributed by atoms with Crippen LogP contribution in [0, 0.1) is 6.92 Å². The Morgan fingerprint density at radius 3 is 2.71 bits per heavy atom. The smallest absolute Gasteiger partial charge is 0.228 e. The van der Waals surface area contributed by atoms with Gasteiger partial charge in [0.15, 0.2) is 0 Å². The van der Waals surface area contributed by atoms with E-state index in [0.717, 1.165) is 27.9 Å². The molecule has 0 atom stereocenters. The Hall–Kier alpha value is -2.17. The molecule has 2 aromatic carbocycles. The molecule has 0 saturated heterocycles. The van der Waals surface area contributed by atoms with E-state index in [2.05, 4.69) is 10.3 Å². The number of carbonyl (C=O) groups excluding carboxylic acids is 1. The van der Waals surface area contributed by atoms with E-state index in [1.165, 1.54) is 0 Å². The van der Waals surface area contributed by atoms with Gasteiger partial charge >= 0.3 is 0 Å². The molecule has 0 bridgehead atoms. The maximum Gasteiger partial charge on any atom is 0.228 e. The number of benzene rings is 2. The van der Waals surface area contributed by atoms with Crippen LogP contribution in [0.2, 0.25) is 10.0 Å². The van der Waals surface area contributed by atoms with Crippen LogP contribution in [-0.4, -0.2) is 18.0 Å². The van der Waals surface area contributed by atoms with Crippen molar-refractivity contribution < 1.29 is 9.53 Å². The molecule has 0 radical (unpaired) electrons. The molecular weight excluding hydrogens is 347 g/mol. The number of aromatic amines is 1. The number of fused-ring (bicyclic) bond motifs is 1. The summed E-state index contributed by atoms with van der Waals surface area (Å²) in [7, 11) is 1.62. The highest BCUT2D eigenvalue weighted by Gasteiger charge is 2.14. The summed E-state index contributed by atoms with van der Waals surface area (Å²) in [5, 5.41) is 4.73. The lowest BCUT2D eigenvalue weighted by molar-refractivity contribution is -0.115. The van der Waals surface area contributed by atoms with Gasteiger partial charge in [0.1, 0.15) is 5.75 Å². The fourth-order valence-electron chi connectivity index (χ4n) is 2.66. The Morgan fingerprint density at radius 1 is 1.21 bits per heavy atom. The molecule has 0 saturated carbocycles. The lowest BCUT2D eigenvalue weighted by Crippen LogP contribution is -2.15. The summed E-state index contributed by atoms with van der Waals surface area (Å²) in [6.07, 6.45) is 0.234. The van der Waals surface area contributed by atoms with Gasteiger partial charge in [-0.2, -0.15) is 0 Å². The van der Waals surface area contributed by atoms with Crippen LogP contribution in [0.3, 0.4) is 0 Å². The van der Waals surface area contributed by atoms with Gasteiger partial charge in [-0.3, -0.25) is 4.79 Å². The van der Waals surface area contributed by atoms with Crippen molar-refractivity contribution >= 4 is 45.7 Å². The summed E-state index contributed by atoms with van der Waals surface area (Å²) in [6, 6.07) is 10.7. The van der Waals surface area contributed by atoms with Crippen molar-refractivity contribution in [1.82, 2.24) is 4.98 Å². The van der Waals surface area contributed by atoms with Gasteiger partial charge in [-0.05, 0) is 48.9 Å². The molecule has 0 fully saturated rings. The van der Waals surface area contributed by atoms with Crippen molar-refractivity contribution in [2.45, 2.75) is 13.3 Å². The quantitative estimate of drug-likeness (QED) is 0.687. The first-order chi connectivity index (χ1) is 11.5. The van der Waals surface area contributed by atoms with Crippen LogP contribution < -0.4 is 10.1 Å². The lowest BCUT2D eigenvalue weighted by Gasteiger charge is -2.08. The van der Waals surface area contributed by atoms with Crippen molar-refractivity contribution in [2.75, 3.05) is 12.4 Å². The van der Waals surface area contributed by atoms with Crippen LogP contribution in [-0.2, 0) is 11.2 Å². The first-order valence-electron chi connectivity index (χ1n) is 7.38. The van der Waals surface area contributed by atoms with E-state index >= 15 is 0 Å². The number of H-pyrrole nitrogens is 1. The Labute approximate surface area is 149 Å². The molecule has 0 unspecified atom stereocenters. The fraction of sp³-hybridized carbons (Fsp3) is 0.167. The van der Waals surface area contributed by atoms with Crippen molar-refractivity contribution in [3.63, 3.8) is 0 Å². The fourth-order valence-corrected chi connectivity index (χ4v) is 3.12. The predicted octanol–water partition coefficient (Wildman–Crippen LogP) is 4.97. The third kappa shape index (κ3) is 3.35. The van der Waals surface area contributed by atoms with E-state index in [4.69, 9.17) is 27.9 Å². The number of methoxy groups -OCH3 is 1. The number of ether oxygens (including phenoxy) is 1. The highest BCUT2D eigenvalue weighted by atomic mass is 35.5. The van der Waals surface area contributed by atoms with Crippen LogP contribution in [0.5, 0.6) is 5.75 Å². The van der Waals surface area contributed by atoms with Gasteiger partial charge in [-0.1, -0.05) is 23.2 Å². The molecule has 0 spiro atoms. The summed E-state index contributed by atoms with van der Waals surface area (Å²) in [4.78, 5) is 15.7. The van der Waals surface area contributed by atoms with Crippen LogP contribution in [0.4, 0.5) is 5.69 Å². The predicted molar refractivity (Wildman–Crippen MR) is 98.4 cm³/mol. The molecular formula is C18H16Cl2N2O2.